The number of ether oxygens (including phenoxy) is 1. The number of aromatic nitrogens is 1. The number of benzene rings is 3. The topological polar surface area (TPSA) is 166 Å². The third-order valence-electron chi connectivity index (χ3n) is 11.5. The molecule has 1 saturated carbocycles. The van der Waals surface area contributed by atoms with Crippen LogP contribution in [0.15, 0.2) is 90.6 Å². The number of carboxylic acid groups (broad SMARTS) is 1. The van der Waals surface area contributed by atoms with Crippen LogP contribution in [-0.4, -0.2) is 56.9 Å². The normalized spacial score (nSPS) is 25.5. The van der Waals surface area contributed by atoms with Crippen LogP contribution >= 0.6 is 23.2 Å². The Hall–Kier alpha value is -5.93. The predicted octanol–water partition coefficient (Wildman–Crippen LogP) is 7.01. The largest absolute Gasteiger partial charge is 0.508 e. The number of pyridine rings is 1. The number of carboxylic acids is 1. The second-order valence-corrected chi connectivity index (χ2v) is 15.1. The van der Waals surface area contributed by atoms with Crippen molar-refractivity contribution in [3.8, 4) is 11.5 Å². The number of carbonyl (C=O) groups excluding carboxylic acids is 4. The summed E-state index contributed by atoms with van der Waals surface area (Å²) in [5.74, 6) is -10.00. The zero-order valence-electron chi connectivity index (χ0n) is 29.5. The molecule has 0 spiro atoms. The third-order valence-corrected chi connectivity index (χ3v) is 12.0. The van der Waals surface area contributed by atoms with Crippen LogP contribution in [0.4, 0.5) is 24.7 Å². The number of aromatic hydroxyl groups is 1. The van der Waals surface area contributed by atoms with Gasteiger partial charge in [0.2, 0.25) is 11.8 Å². The maximum Gasteiger partial charge on any atom is 0.417 e. The molecule has 2 aliphatic carbocycles. The van der Waals surface area contributed by atoms with Crippen molar-refractivity contribution in [3.63, 3.8) is 0 Å². The quantitative estimate of drug-likeness (QED) is 0.130. The van der Waals surface area contributed by atoms with E-state index < -0.39 is 87.2 Å². The number of hydrogen-bond donors (Lipinski definition) is 3. The van der Waals surface area contributed by atoms with E-state index in [0.717, 1.165) is 4.90 Å². The van der Waals surface area contributed by atoms with Gasteiger partial charge in [-0.05, 0) is 78.9 Å². The van der Waals surface area contributed by atoms with Crippen LogP contribution in [0.2, 0.25) is 10.0 Å². The minimum atomic E-state index is -4.79. The molecule has 6 atom stereocenters. The zero-order chi connectivity index (χ0) is 40.7. The van der Waals surface area contributed by atoms with Gasteiger partial charge in [-0.1, -0.05) is 53.1 Å². The lowest BCUT2D eigenvalue weighted by Gasteiger charge is -2.50. The van der Waals surface area contributed by atoms with Crippen molar-refractivity contribution in [1.29, 1.82) is 0 Å². The summed E-state index contributed by atoms with van der Waals surface area (Å²) in [4.78, 5) is 75.3. The first-order valence-electron chi connectivity index (χ1n) is 17.5. The molecular weight excluding hydrogens is 792 g/mol. The number of alkyl halides is 3. The van der Waals surface area contributed by atoms with Crippen LogP contribution in [0.25, 0.3) is 0 Å². The first-order valence-corrected chi connectivity index (χ1v) is 18.2. The number of hydrazine groups is 1. The van der Waals surface area contributed by atoms with Crippen LogP contribution in [0.3, 0.4) is 0 Å². The summed E-state index contributed by atoms with van der Waals surface area (Å²) in [6.07, 6.45) is -2.69. The number of carbonyl (C=O) groups is 5. The van der Waals surface area contributed by atoms with E-state index >= 15 is 4.79 Å². The van der Waals surface area contributed by atoms with E-state index in [9.17, 15) is 42.6 Å². The number of amides is 4. The fraction of sp³-hybridized carbons (Fsp3) is 0.250. The van der Waals surface area contributed by atoms with Crippen molar-refractivity contribution in [1.82, 2.24) is 9.99 Å². The molecule has 0 unspecified atom stereocenters. The molecule has 3 fully saturated rings. The van der Waals surface area contributed by atoms with Crippen molar-refractivity contribution >= 4 is 64.3 Å². The summed E-state index contributed by atoms with van der Waals surface area (Å²) in [6.45, 7) is 0. The molecule has 12 nitrogen and oxygen atoms in total. The number of halogens is 5. The van der Waals surface area contributed by atoms with E-state index in [0.29, 0.717) is 33.4 Å². The highest BCUT2D eigenvalue weighted by atomic mass is 35.5. The van der Waals surface area contributed by atoms with Gasteiger partial charge in [-0.15, -0.1) is 0 Å². The van der Waals surface area contributed by atoms with Crippen LogP contribution in [-0.2, 0) is 30.8 Å². The molecule has 4 aliphatic rings. The van der Waals surface area contributed by atoms with Gasteiger partial charge < -0.3 is 14.9 Å². The van der Waals surface area contributed by atoms with Gasteiger partial charge >= 0.3 is 12.1 Å². The maximum absolute atomic E-state index is 15.3. The van der Waals surface area contributed by atoms with Gasteiger partial charge in [-0.25, -0.2) is 9.78 Å². The summed E-state index contributed by atoms with van der Waals surface area (Å²) in [5, 5.41) is 21.6. The fourth-order valence-corrected chi connectivity index (χ4v) is 9.39. The molecule has 8 rings (SSSR count). The summed E-state index contributed by atoms with van der Waals surface area (Å²) < 4.78 is 46.0. The van der Waals surface area contributed by atoms with E-state index in [1.807, 2.05) is 0 Å². The average molecular weight is 822 g/mol. The molecule has 3 N–H and O–H groups in total. The lowest BCUT2D eigenvalue weighted by Crippen LogP contribution is -2.53. The number of nitrogens with one attached hydrogen (secondary N) is 1. The van der Waals surface area contributed by atoms with Crippen molar-refractivity contribution in [2.75, 3.05) is 17.4 Å². The number of phenolic OH excluding ortho intramolecular Hbond substituents is 1. The molecule has 4 aromatic rings. The molecule has 3 heterocycles. The SMILES string of the molecule is COc1ccc(O)c([C@H]2C3=CC[C@@H]4C(=O)N(c5cccc(C(=O)O)c5)C(=O)[C@@H]4[C@@H]3C[C@H]3C(=O)N(Nc4ncc(C(F)(F)F)cc4Cl)C(=O)[C@@]23c2ccc(Cl)cc2)c1. The Kier molecular flexibility index (Phi) is 9.08. The fourth-order valence-electron chi connectivity index (χ4n) is 9.05. The monoisotopic (exact) mass is 820 g/mol. The molecule has 0 bridgehead atoms. The van der Waals surface area contributed by atoms with Gasteiger partial charge in [0, 0.05) is 22.7 Å². The Morgan fingerprint density at radius 3 is 2.37 bits per heavy atom. The summed E-state index contributed by atoms with van der Waals surface area (Å²) in [6, 6.07) is 16.5. The number of methoxy groups -OCH3 is 1. The van der Waals surface area contributed by atoms with Crippen molar-refractivity contribution < 1.29 is 52.1 Å². The number of fused-ring (bicyclic) bond motifs is 4. The van der Waals surface area contributed by atoms with Gasteiger partial charge in [0.05, 0.1) is 52.1 Å². The highest BCUT2D eigenvalue weighted by Crippen LogP contribution is 2.65. The molecule has 4 amide bonds. The number of hydrogen-bond acceptors (Lipinski definition) is 9. The molecule has 57 heavy (non-hydrogen) atoms. The zero-order valence-corrected chi connectivity index (χ0v) is 31.0. The maximum atomic E-state index is 15.3. The van der Waals surface area contributed by atoms with E-state index in [2.05, 4.69) is 10.4 Å². The van der Waals surface area contributed by atoms with E-state index in [4.69, 9.17) is 27.9 Å². The van der Waals surface area contributed by atoms with Crippen molar-refractivity contribution in [3.05, 3.63) is 123 Å². The van der Waals surface area contributed by atoms with Gasteiger partial charge in [0.15, 0.2) is 5.82 Å². The lowest BCUT2D eigenvalue weighted by atomic mass is 9.49. The van der Waals surface area contributed by atoms with Crippen LogP contribution < -0.4 is 15.1 Å². The number of aromatic carboxylic acids is 1. The number of allylic oxidation sites excluding steroid dienone is 2. The minimum absolute atomic E-state index is 0.0218. The minimum Gasteiger partial charge on any atom is -0.508 e. The first kappa shape index (κ1) is 38.0. The highest BCUT2D eigenvalue weighted by Gasteiger charge is 2.71. The standard InChI is InChI=1S/C40H29Cl2F3N4O8/c1-57-23-9-12-30(50)27(15-23)32-24-10-11-25-31(36(53)48(34(25)51)22-4-2-3-18(13-22)37(54)55)26(24)16-28-35(52)49(38(56)39(28,32)19-5-7-21(41)8-6-19)47-33-29(42)14-20(17-46-33)40(43,44)45/h2-10,12-15,17,25-26,28,31-32,50H,11,16H2,1H3,(H,46,47)(H,54,55)/t25-,26+,28-,31-,32+,39+/m0/s1. The molecule has 2 saturated heterocycles. The molecular formula is C40H29Cl2F3N4O8. The van der Waals surface area contributed by atoms with Gasteiger partial charge in [-0.2, -0.15) is 18.2 Å². The van der Waals surface area contributed by atoms with Crippen LogP contribution in [0.5, 0.6) is 11.5 Å². The summed E-state index contributed by atoms with van der Waals surface area (Å²) in [7, 11) is 1.40. The second kappa shape index (κ2) is 13.6. The Morgan fingerprint density at radius 1 is 0.965 bits per heavy atom. The number of rotatable bonds is 7. The Balaban J connectivity index is 1.32. The van der Waals surface area contributed by atoms with E-state index in [1.54, 1.807) is 18.2 Å². The highest BCUT2D eigenvalue weighted by molar-refractivity contribution is 6.33. The first-order chi connectivity index (χ1) is 27.1. The van der Waals surface area contributed by atoms with Crippen LogP contribution in [0, 0.1) is 23.7 Å². The molecule has 292 valence electrons. The van der Waals surface area contributed by atoms with E-state index in [-0.39, 0.29) is 41.2 Å². The second-order valence-electron chi connectivity index (χ2n) is 14.2. The van der Waals surface area contributed by atoms with Gasteiger partial charge in [-0.3, -0.25) is 29.5 Å². The molecule has 17 heteroatoms. The Morgan fingerprint density at radius 2 is 1.70 bits per heavy atom. The smallest absolute Gasteiger partial charge is 0.417 e. The van der Waals surface area contributed by atoms with E-state index in [1.165, 1.54) is 61.7 Å². The van der Waals surface area contributed by atoms with Crippen molar-refractivity contribution in [2.45, 2.75) is 30.4 Å². The predicted molar refractivity (Wildman–Crippen MR) is 197 cm³/mol. The lowest BCUT2D eigenvalue weighted by molar-refractivity contribution is -0.139. The number of anilines is 2. The van der Waals surface area contributed by atoms with Gasteiger partial charge in [0.1, 0.15) is 11.5 Å². The average Bonchev–Trinajstić information content (AvgIpc) is 3.56. The Labute approximate surface area is 331 Å². The van der Waals surface area contributed by atoms with Gasteiger partial charge in [0.25, 0.3) is 11.8 Å². The Bertz CT molecular complexity index is 2440. The summed E-state index contributed by atoms with van der Waals surface area (Å²) in [5.41, 5.74) is 0.324. The van der Waals surface area contributed by atoms with Crippen molar-refractivity contribution in [2.24, 2.45) is 23.7 Å². The molecule has 3 aromatic carbocycles. The van der Waals surface area contributed by atoms with Crippen LogP contribution in [0.1, 0.15) is 45.8 Å². The molecule has 1 aromatic heterocycles. The number of imide groups is 2. The summed E-state index contributed by atoms with van der Waals surface area (Å²) >= 11 is 12.6. The number of phenols is 1. The molecule has 2 aliphatic heterocycles. The molecule has 0 radical (unpaired) electrons. The number of nitrogens with zero attached hydrogens (tertiary/aromatic N) is 3. The third kappa shape index (κ3) is 5.81.